The zero-order chi connectivity index (χ0) is 12.4. The fourth-order valence-corrected chi connectivity index (χ4v) is 1.94. The van der Waals surface area contributed by atoms with E-state index in [0.29, 0.717) is 6.42 Å². The number of hydrogen-bond donors (Lipinski definition) is 0. The molecule has 0 N–H and O–H groups in total. The summed E-state index contributed by atoms with van der Waals surface area (Å²) in [6.07, 6.45) is 3.21. The van der Waals surface area contributed by atoms with E-state index < -0.39 is 0 Å². The van der Waals surface area contributed by atoms with Crippen LogP contribution < -0.4 is 0 Å². The predicted molar refractivity (Wildman–Crippen MR) is 68.2 cm³/mol. The van der Waals surface area contributed by atoms with Crippen LogP contribution in [0.15, 0.2) is 48.7 Å². The molecule has 0 spiro atoms. The third-order valence-corrected chi connectivity index (χ3v) is 2.81. The highest BCUT2D eigenvalue weighted by Gasteiger charge is 2.07. The Labute approximate surface area is 104 Å². The SMILES string of the molecule is O=CCc1ccc2nnc(-c3ccccc3)n2c1. The second-order valence-corrected chi connectivity index (χ2v) is 4.03. The van der Waals surface area contributed by atoms with Gasteiger partial charge in [-0.3, -0.25) is 4.40 Å². The first-order chi connectivity index (χ1) is 8.88. The molecule has 18 heavy (non-hydrogen) atoms. The number of benzene rings is 1. The second kappa shape index (κ2) is 4.41. The smallest absolute Gasteiger partial charge is 0.168 e. The van der Waals surface area contributed by atoms with Crippen LogP contribution in [0.25, 0.3) is 17.0 Å². The standard InChI is InChI=1S/C14H11N3O/c18-9-8-11-6-7-13-15-16-14(17(13)10-11)12-4-2-1-3-5-12/h1-7,9-10H,8H2. The Morgan fingerprint density at radius 1 is 1.06 bits per heavy atom. The Balaban J connectivity index is 2.18. The van der Waals surface area contributed by atoms with Crippen molar-refractivity contribution < 1.29 is 4.79 Å². The van der Waals surface area contributed by atoms with Crippen LogP contribution in [-0.4, -0.2) is 20.9 Å². The van der Waals surface area contributed by atoms with E-state index in [0.717, 1.165) is 28.9 Å². The van der Waals surface area contributed by atoms with Crippen molar-refractivity contribution in [1.82, 2.24) is 14.6 Å². The number of carbonyl (C=O) groups is 1. The molecule has 0 radical (unpaired) electrons. The molecule has 0 saturated heterocycles. The summed E-state index contributed by atoms with van der Waals surface area (Å²) in [5.41, 5.74) is 2.74. The van der Waals surface area contributed by atoms with E-state index >= 15 is 0 Å². The zero-order valence-corrected chi connectivity index (χ0v) is 9.65. The minimum absolute atomic E-state index is 0.405. The summed E-state index contributed by atoms with van der Waals surface area (Å²) >= 11 is 0. The number of pyridine rings is 1. The van der Waals surface area contributed by atoms with Gasteiger partial charge in [0.15, 0.2) is 11.5 Å². The van der Waals surface area contributed by atoms with Crippen LogP contribution in [0.1, 0.15) is 5.56 Å². The van der Waals surface area contributed by atoms with E-state index in [1.54, 1.807) is 0 Å². The number of hydrogen-bond acceptors (Lipinski definition) is 3. The van der Waals surface area contributed by atoms with E-state index in [1.165, 1.54) is 0 Å². The number of nitrogens with zero attached hydrogens (tertiary/aromatic N) is 3. The van der Waals surface area contributed by atoms with Gasteiger partial charge in [0.05, 0.1) is 0 Å². The third kappa shape index (κ3) is 1.78. The highest BCUT2D eigenvalue weighted by Crippen LogP contribution is 2.18. The van der Waals surface area contributed by atoms with Crippen molar-refractivity contribution in [3.05, 3.63) is 54.2 Å². The molecule has 2 heterocycles. The Hall–Kier alpha value is -2.49. The lowest BCUT2D eigenvalue weighted by Gasteiger charge is -2.01. The van der Waals surface area contributed by atoms with Crippen molar-refractivity contribution in [3.8, 4) is 11.4 Å². The largest absolute Gasteiger partial charge is 0.303 e. The second-order valence-electron chi connectivity index (χ2n) is 4.03. The fourth-order valence-electron chi connectivity index (χ4n) is 1.94. The molecule has 2 aromatic heterocycles. The molecular formula is C14H11N3O. The fraction of sp³-hybridized carbons (Fsp3) is 0.0714. The first-order valence-corrected chi connectivity index (χ1v) is 5.71. The van der Waals surface area contributed by atoms with Gasteiger partial charge in [-0.2, -0.15) is 0 Å². The lowest BCUT2D eigenvalue weighted by atomic mass is 10.2. The Bertz CT molecular complexity index is 689. The maximum absolute atomic E-state index is 10.6. The molecule has 1 aromatic carbocycles. The molecular weight excluding hydrogens is 226 g/mol. The first-order valence-electron chi connectivity index (χ1n) is 5.71. The average Bonchev–Trinajstić information content (AvgIpc) is 2.83. The lowest BCUT2D eigenvalue weighted by Crippen LogP contribution is -1.93. The molecule has 0 bridgehead atoms. The highest BCUT2D eigenvalue weighted by molar-refractivity contribution is 5.60. The molecule has 0 aliphatic rings. The van der Waals surface area contributed by atoms with Gasteiger partial charge in [0.25, 0.3) is 0 Å². The Kier molecular flexibility index (Phi) is 2.61. The summed E-state index contributed by atoms with van der Waals surface area (Å²) in [6.45, 7) is 0. The molecule has 0 unspecified atom stereocenters. The number of fused-ring (bicyclic) bond motifs is 1. The molecule has 3 rings (SSSR count). The van der Waals surface area contributed by atoms with Gasteiger partial charge in [0, 0.05) is 18.2 Å². The molecule has 0 saturated carbocycles. The first kappa shape index (κ1) is 10.7. The van der Waals surface area contributed by atoms with Crippen LogP contribution in [0.2, 0.25) is 0 Å². The van der Waals surface area contributed by atoms with Crippen molar-refractivity contribution in [3.63, 3.8) is 0 Å². The maximum atomic E-state index is 10.6. The molecule has 4 heteroatoms. The zero-order valence-electron chi connectivity index (χ0n) is 9.65. The van der Waals surface area contributed by atoms with E-state index in [9.17, 15) is 4.79 Å². The van der Waals surface area contributed by atoms with Gasteiger partial charge in [0.2, 0.25) is 0 Å². The predicted octanol–water partition coefficient (Wildman–Crippen LogP) is 2.14. The molecule has 0 aliphatic carbocycles. The normalized spacial score (nSPS) is 10.7. The quantitative estimate of drug-likeness (QED) is 0.656. The minimum Gasteiger partial charge on any atom is -0.303 e. The van der Waals surface area contributed by atoms with Crippen LogP contribution in [0.5, 0.6) is 0 Å². The minimum atomic E-state index is 0.405. The van der Waals surface area contributed by atoms with Crippen LogP contribution in [-0.2, 0) is 11.2 Å². The summed E-state index contributed by atoms with van der Waals surface area (Å²) in [4.78, 5) is 10.6. The summed E-state index contributed by atoms with van der Waals surface area (Å²) in [5, 5.41) is 8.31. The highest BCUT2D eigenvalue weighted by atomic mass is 16.1. The van der Waals surface area contributed by atoms with Gasteiger partial charge in [-0.15, -0.1) is 10.2 Å². The van der Waals surface area contributed by atoms with Gasteiger partial charge in [-0.1, -0.05) is 36.4 Å². The van der Waals surface area contributed by atoms with E-state index in [4.69, 9.17) is 0 Å². The van der Waals surface area contributed by atoms with Gasteiger partial charge < -0.3 is 4.79 Å². The molecule has 3 aromatic rings. The average molecular weight is 237 g/mol. The van der Waals surface area contributed by atoms with Crippen LogP contribution in [0.3, 0.4) is 0 Å². The van der Waals surface area contributed by atoms with Gasteiger partial charge in [0.1, 0.15) is 6.29 Å². The number of aldehydes is 1. The Morgan fingerprint density at radius 3 is 2.67 bits per heavy atom. The summed E-state index contributed by atoms with van der Waals surface area (Å²) in [5.74, 6) is 0.790. The molecule has 0 aliphatic heterocycles. The summed E-state index contributed by atoms with van der Waals surface area (Å²) in [7, 11) is 0. The van der Waals surface area contributed by atoms with Crippen molar-refractivity contribution in [2.45, 2.75) is 6.42 Å². The monoisotopic (exact) mass is 237 g/mol. The molecule has 0 atom stereocenters. The van der Waals surface area contributed by atoms with Gasteiger partial charge in [-0.05, 0) is 11.6 Å². The third-order valence-electron chi connectivity index (χ3n) is 2.81. The number of rotatable bonds is 3. The molecule has 4 nitrogen and oxygen atoms in total. The Morgan fingerprint density at radius 2 is 1.89 bits per heavy atom. The van der Waals surface area contributed by atoms with Crippen LogP contribution in [0, 0.1) is 0 Å². The van der Waals surface area contributed by atoms with Gasteiger partial charge in [-0.25, -0.2) is 0 Å². The summed E-state index contributed by atoms with van der Waals surface area (Å²) in [6, 6.07) is 13.6. The van der Waals surface area contributed by atoms with Crippen molar-refractivity contribution in [2.75, 3.05) is 0 Å². The van der Waals surface area contributed by atoms with Gasteiger partial charge >= 0.3 is 0 Å². The summed E-state index contributed by atoms with van der Waals surface area (Å²) < 4.78 is 1.91. The molecule has 88 valence electrons. The van der Waals surface area contributed by atoms with Crippen molar-refractivity contribution in [1.29, 1.82) is 0 Å². The van der Waals surface area contributed by atoms with Crippen LogP contribution >= 0.6 is 0 Å². The van der Waals surface area contributed by atoms with Crippen LogP contribution in [0.4, 0.5) is 0 Å². The molecule has 0 amide bonds. The lowest BCUT2D eigenvalue weighted by molar-refractivity contribution is -0.107. The number of aromatic nitrogens is 3. The van der Waals surface area contributed by atoms with Crippen molar-refractivity contribution in [2.24, 2.45) is 0 Å². The maximum Gasteiger partial charge on any atom is 0.168 e. The van der Waals surface area contributed by atoms with E-state index in [2.05, 4.69) is 10.2 Å². The van der Waals surface area contributed by atoms with E-state index in [1.807, 2.05) is 53.1 Å². The van der Waals surface area contributed by atoms with E-state index in [-0.39, 0.29) is 0 Å². The molecule has 0 fully saturated rings. The number of carbonyl (C=O) groups excluding carboxylic acids is 1. The topological polar surface area (TPSA) is 47.3 Å². The van der Waals surface area contributed by atoms with Crippen molar-refractivity contribution >= 4 is 11.9 Å².